The van der Waals surface area contributed by atoms with Crippen LogP contribution in [0.5, 0.6) is 5.75 Å². The van der Waals surface area contributed by atoms with Crippen LogP contribution >= 0.6 is 0 Å². The number of halogens is 1. The smallest absolute Gasteiger partial charge is 0.123 e. The lowest BCUT2D eigenvalue weighted by molar-refractivity contribution is 0.127. The number of nitrogens with two attached hydrogens (primary N) is 1. The first-order valence-electron chi connectivity index (χ1n) is 5.84. The molecule has 0 bridgehead atoms. The molecule has 0 aliphatic heterocycles. The third kappa shape index (κ3) is 3.98. The van der Waals surface area contributed by atoms with E-state index in [2.05, 4.69) is 13.8 Å². The summed E-state index contributed by atoms with van der Waals surface area (Å²) in [6.45, 7) is 4.11. The highest BCUT2D eigenvalue weighted by molar-refractivity contribution is 5.35. The summed E-state index contributed by atoms with van der Waals surface area (Å²) < 4.78 is 13.0. The lowest BCUT2D eigenvalue weighted by atomic mass is 9.95. The number of hydrogen-bond acceptors (Lipinski definition) is 3. The summed E-state index contributed by atoms with van der Waals surface area (Å²) in [6, 6.07) is 2.81. The monoisotopic (exact) mass is 241 g/mol. The van der Waals surface area contributed by atoms with Crippen LogP contribution in [0.2, 0.25) is 0 Å². The van der Waals surface area contributed by atoms with Gasteiger partial charge in [-0.05, 0) is 37.0 Å². The molecule has 0 radical (unpaired) electrons. The lowest BCUT2D eigenvalue weighted by Crippen LogP contribution is -2.26. The van der Waals surface area contributed by atoms with E-state index in [0.29, 0.717) is 12.3 Å². The number of phenolic OH excluding ortho intramolecular Hbond substituents is 1. The maximum Gasteiger partial charge on any atom is 0.123 e. The highest BCUT2D eigenvalue weighted by Crippen LogP contribution is 2.27. The Morgan fingerprint density at radius 3 is 2.53 bits per heavy atom. The fourth-order valence-corrected chi connectivity index (χ4v) is 1.68. The molecule has 4 heteroatoms. The molecule has 17 heavy (non-hydrogen) atoms. The van der Waals surface area contributed by atoms with Gasteiger partial charge in [0.1, 0.15) is 11.6 Å². The first-order chi connectivity index (χ1) is 7.91. The second-order valence-corrected chi connectivity index (χ2v) is 4.77. The Hall–Kier alpha value is -1.13. The Morgan fingerprint density at radius 1 is 1.29 bits per heavy atom. The average Bonchev–Trinajstić information content (AvgIpc) is 2.28. The Labute approximate surface area is 101 Å². The number of benzene rings is 1. The van der Waals surface area contributed by atoms with Crippen molar-refractivity contribution in [2.75, 3.05) is 0 Å². The zero-order valence-electron chi connectivity index (χ0n) is 10.2. The molecule has 0 unspecified atom stereocenters. The van der Waals surface area contributed by atoms with Gasteiger partial charge >= 0.3 is 0 Å². The Balaban J connectivity index is 2.74. The first kappa shape index (κ1) is 13.9. The minimum Gasteiger partial charge on any atom is -0.508 e. The van der Waals surface area contributed by atoms with Gasteiger partial charge in [-0.15, -0.1) is 0 Å². The SMILES string of the molecule is CC(C)CC[C@@H](O)[C@@H](N)c1cc(F)ccc1O. The topological polar surface area (TPSA) is 66.5 Å². The van der Waals surface area contributed by atoms with Gasteiger partial charge in [0.25, 0.3) is 0 Å². The molecule has 1 aromatic rings. The summed E-state index contributed by atoms with van der Waals surface area (Å²) in [4.78, 5) is 0. The van der Waals surface area contributed by atoms with E-state index in [0.717, 1.165) is 12.5 Å². The van der Waals surface area contributed by atoms with Crippen molar-refractivity contribution in [3.63, 3.8) is 0 Å². The van der Waals surface area contributed by atoms with E-state index in [9.17, 15) is 14.6 Å². The lowest BCUT2D eigenvalue weighted by Gasteiger charge is -2.20. The van der Waals surface area contributed by atoms with Gasteiger partial charge in [0.05, 0.1) is 12.1 Å². The predicted octanol–water partition coefficient (Wildman–Crippen LogP) is 2.33. The number of hydrogen-bond donors (Lipinski definition) is 3. The van der Waals surface area contributed by atoms with Crippen LogP contribution in [-0.2, 0) is 0 Å². The summed E-state index contributed by atoms with van der Waals surface area (Å²) >= 11 is 0. The first-order valence-corrected chi connectivity index (χ1v) is 5.84. The van der Waals surface area contributed by atoms with Gasteiger partial charge in [-0.25, -0.2) is 4.39 Å². The largest absolute Gasteiger partial charge is 0.508 e. The van der Waals surface area contributed by atoms with Crippen LogP contribution in [0.15, 0.2) is 18.2 Å². The van der Waals surface area contributed by atoms with Crippen molar-refractivity contribution in [2.24, 2.45) is 11.7 Å². The van der Waals surface area contributed by atoms with Crippen LogP contribution in [-0.4, -0.2) is 16.3 Å². The molecule has 0 saturated carbocycles. The van der Waals surface area contributed by atoms with E-state index in [1.165, 1.54) is 12.1 Å². The minimum atomic E-state index is -0.773. The fraction of sp³-hybridized carbons (Fsp3) is 0.538. The molecule has 3 nitrogen and oxygen atoms in total. The number of phenols is 1. The van der Waals surface area contributed by atoms with Crippen LogP contribution in [0.3, 0.4) is 0 Å². The number of aliphatic hydroxyl groups is 1. The summed E-state index contributed by atoms with van der Waals surface area (Å²) in [5.74, 6) is -0.0789. The van der Waals surface area contributed by atoms with Gasteiger partial charge in [0, 0.05) is 5.56 Å². The normalized spacial score (nSPS) is 14.9. The highest BCUT2D eigenvalue weighted by Gasteiger charge is 2.20. The van der Waals surface area contributed by atoms with Crippen LogP contribution in [0.4, 0.5) is 4.39 Å². The Morgan fingerprint density at radius 2 is 1.94 bits per heavy atom. The fourth-order valence-electron chi connectivity index (χ4n) is 1.68. The second kappa shape index (κ2) is 5.98. The van der Waals surface area contributed by atoms with E-state index < -0.39 is 18.0 Å². The van der Waals surface area contributed by atoms with Gasteiger partial charge in [-0.2, -0.15) is 0 Å². The minimum absolute atomic E-state index is 0.0810. The predicted molar refractivity (Wildman–Crippen MR) is 65.1 cm³/mol. The molecule has 0 aliphatic carbocycles. The quantitative estimate of drug-likeness (QED) is 0.741. The molecule has 1 aromatic carbocycles. The van der Waals surface area contributed by atoms with Crippen LogP contribution in [0.25, 0.3) is 0 Å². The van der Waals surface area contributed by atoms with Crippen molar-refractivity contribution in [3.05, 3.63) is 29.6 Å². The maximum atomic E-state index is 13.0. The Kier molecular flexibility index (Phi) is 4.90. The van der Waals surface area contributed by atoms with Crippen LogP contribution < -0.4 is 5.73 Å². The Bertz CT molecular complexity index is 368. The summed E-state index contributed by atoms with van der Waals surface area (Å²) in [5.41, 5.74) is 6.07. The van der Waals surface area contributed by atoms with E-state index >= 15 is 0 Å². The zero-order valence-corrected chi connectivity index (χ0v) is 10.2. The number of aromatic hydroxyl groups is 1. The summed E-state index contributed by atoms with van der Waals surface area (Å²) in [5, 5.41) is 19.5. The van der Waals surface area contributed by atoms with Gasteiger partial charge in [-0.1, -0.05) is 13.8 Å². The van der Waals surface area contributed by atoms with Crippen LogP contribution in [0.1, 0.15) is 38.3 Å². The van der Waals surface area contributed by atoms with E-state index in [4.69, 9.17) is 5.73 Å². The van der Waals surface area contributed by atoms with Crippen molar-refractivity contribution in [2.45, 2.75) is 38.8 Å². The molecule has 0 spiro atoms. The van der Waals surface area contributed by atoms with Gasteiger partial charge < -0.3 is 15.9 Å². The zero-order chi connectivity index (χ0) is 13.0. The molecule has 0 fully saturated rings. The van der Waals surface area contributed by atoms with Gasteiger partial charge in [0.2, 0.25) is 0 Å². The van der Waals surface area contributed by atoms with Crippen molar-refractivity contribution in [1.29, 1.82) is 0 Å². The van der Waals surface area contributed by atoms with E-state index in [1.54, 1.807) is 0 Å². The molecule has 0 aromatic heterocycles. The van der Waals surface area contributed by atoms with E-state index in [-0.39, 0.29) is 11.3 Å². The van der Waals surface area contributed by atoms with Crippen molar-refractivity contribution >= 4 is 0 Å². The molecular formula is C13H20FNO2. The highest BCUT2D eigenvalue weighted by atomic mass is 19.1. The molecule has 96 valence electrons. The van der Waals surface area contributed by atoms with Crippen LogP contribution in [0, 0.1) is 11.7 Å². The average molecular weight is 241 g/mol. The second-order valence-electron chi connectivity index (χ2n) is 4.77. The number of aliphatic hydroxyl groups excluding tert-OH is 1. The molecule has 0 saturated heterocycles. The van der Waals surface area contributed by atoms with Crippen molar-refractivity contribution in [1.82, 2.24) is 0 Å². The standard InChI is InChI=1S/C13H20FNO2/c1-8(2)3-5-12(17)13(15)10-7-9(14)4-6-11(10)16/h4,6-8,12-13,16-17H,3,5,15H2,1-2H3/t12-,13+/m1/s1. The maximum absolute atomic E-state index is 13.0. The van der Waals surface area contributed by atoms with Crippen molar-refractivity contribution in [3.8, 4) is 5.75 Å². The molecule has 2 atom stereocenters. The molecule has 1 rings (SSSR count). The molecule has 4 N–H and O–H groups in total. The third-order valence-corrected chi connectivity index (χ3v) is 2.80. The van der Waals surface area contributed by atoms with Gasteiger partial charge in [-0.3, -0.25) is 0 Å². The summed E-state index contributed by atoms with van der Waals surface area (Å²) in [7, 11) is 0. The van der Waals surface area contributed by atoms with Gasteiger partial charge in [0.15, 0.2) is 0 Å². The third-order valence-electron chi connectivity index (χ3n) is 2.80. The van der Waals surface area contributed by atoms with Crippen molar-refractivity contribution < 1.29 is 14.6 Å². The van der Waals surface area contributed by atoms with E-state index in [1.807, 2.05) is 0 Å². The molecule has 0 heterocycles. The number of rotatable bonds is 5. The molecular weight excluding hydrogens is 221 g/mol. The molecule has 0 aliphatic rings. The molecule has 0 amide bonds. The summed E-state index contributed by atoms with van der Waals surface area (Å²) in [6.07, 6.45) is 0.602.